The maximum absolute atomic E-state index is 12.8. The third-order valence-electron chi connectivity index (χ3n) is 3.94. The summed E-state index contributed by atoms with van der Waals surface area (Å²) in [6.07, 6.45) is 3.79. The fourth-order valence-corrected chi connectivity index (χ4v) is 5.27. The van der Waals surface area contributed by atoms with E-state index in [0.29, 0.717) is 23.9 Å². The number of nitrogens with zero attached hydrogens (tertiary/aromatic N) is 1. The van der Waals surface area contributed by atoms with Crippen LogP contribution in [0.3, 0.4) is 0 Å². The van der Waals surface area contributed by atoms with Crippen LogP contribution in [0.15, 0.2) is 34.1 Å². The molecule has 1 saturated heterocycles. The minimum atomic E-state index is -3.36. The Hall–Kier alpha value is -0.270. The first kappa shape index (κ1) is 19.8. The van der Waals surface area contributed by atoms with Crippen molar-refractivity contribution in [1.82, 2.24) is 9.62 Å². The standard InChI is InChI=1S/C15H24N2O2S2.ClH/c1-3-16-12-13-8-10-17(11-9-13)21(18,19)15-7-5-4-6-14(15)20-2;/h4-7,13,16H,3,8-12H2,1-2H3;1H. The Bertz CT molecular complexity index is 558. The van der Waals surface area contributed by atoms with E-state index in [1.165, 1.54) is 11.8 Å². The van der Waals surface area contributed by atoms with Crippen molar-refractivity contribution < 1.29 is 8.42 Å². The number of thioether (sulfide) groups is 1. The van der Waals surface area contributed by atoms with Crippen LogP contribution in [0, 0.1) is 5.92 Å². The molecule has 0 radical (unpaired) electrons. The Morgan fingerprint density at radius 3 is 2.50 bits per heavy atom. The summed E-state index contributed by atoms with van der Waals surface area (Å²) in [6, 6.07) is 7.26. The highest BCUT2D eigenvalue weighted by atomic mass is 35.5. The monoisotopic (exact) mass is 364 g/mol. The summed E-state index contributed by atoms with van der Waals surface area (Å²) in [4.78, 5) is 1.27. The number of sulfonamides is 1. The van der Waals surface area contributed by atoms with E-state index in [1.54, 1.807) is 16.4 Å². The number of benzene rings is 1. The van der Waals surface area contributed by atoms with Gasteiger partial charge in [0.15, 0.2) is 0 Å². The summed E-state index contributed by atoms with van der Waals surface area (Å²) in [5.41, 5.74) is 0. The molecule has 0 aromatic heterocycles. The largest absolute Gasteiger partial charge is 0.317 e. The van der Waals surface area contributed by atoms with Crippen LogP contribution in [0.2, 0.25) is 0 Å². The SMILES string of the molecule is CCNCC1CCN(S(=O)(=O)c2ccccc2SC)CC1.Cl. The van der Waals surface area contributed by atoms with E-state index in [0.717, 1.165) is 30.8 Å². The zero-order chi connectivity index (χ0) is 15.3. The van der Waals surface area contributed by atoms with Crippen LogP contribution < -0.4 is 5.32 Å². The third kappa shape index (κ3) is 4.61. The maximum Gasteiger partial charge on any atom is 0.244 e. The Morgan fingerprint density at radius 1 is 1.27 bits per heavy atom. The van der Waals surface area contributed by atoms with E-state index in [4.69, 9.17) is 0 Å². The van der Waals surface area contributed by atoms with E-state index in [-0.39, 0.29) is 12.4 Å². The average Bonchev–Trinajstić information content (AvgIpc) is 2.53. The normalized spacial score (nSPS) is 17.2. The average molecular weight is 365 g/mol. The van der Waals surface area contributed by atoms with Gasteiger partial charge in [-0.25, -0.2) is 8.42 Å². The minimum Gasteiger partial charge on any atom is -0.317 e. The molecule has 0 unspecified atom stereocenters. The van der Waals surface area contributed by atoms with Crippen molar-refractivity contribution in [1.29, 1.82) is 0 Å². The topological polar surface area (TPSA) is 49.4 Å². The number of halogens is 1. The Labute approximate surface area is 144 Å². The van der Waals surface area contributed by atoms with Crippen molar-refractivity contribution in [3.05, 3.63) is 24.3 Å². The number of hydrogen-bond acceptors (Lipinski definition) is 4. The molecule has 1 aromatic rings. The summed E-state index contributed by atoms with van der Waals surface area (Å²) in [5, 5.41) is 3.35. The molecule has 0 saturated carbocycles. The van der Waals surface area contributed by atoms with Gasteiger partial charge in [0.2, 0.25) is 10.0 Å². The smallest absolute Gasteiger partial charge is 0.244 e. The van der Waals surface area contributed by atoms with Gasteiger partial charge in [-0.05, 0) is 50.2 Å². The first-order chi connectivity index (χ1) is 10.1. The second-order valence-electron chi connectivity index (χ2n) is 5.31. The molecule has 1 fully saturated rings. The predicted molar refractivity (Wildman–Crippen MR) is 95.5 cm³/mol. The summed E-state index contributed by atoms with van der Waals surface area (Å²) >= 11 is 1.48. The zero-order valence-electron chi connectivity index (χ0n) is 13.1. The van der Waals surface area contributed by atoms with Crippen LogP contribution in [0.1, 0.15) is 19.8 Å². The van der Waals surface area contributed by atoms with Crippen molar-refractivity contribution in [2.24, 2.45) is 5.92 Å². The van der Waals surface area contributed by atoms with Crippen LogP contribution in [-0.2, 0) is 10.0 Å². The van der Waals surface area contributed by atoms with Crippen molar-refractivity contribution in [3.63, 3.8) is 0 Å². The van der Waals surface area contributed by atoms with Gasteiger partial charge < -0.3 is 5.32 Å². The predicted octanol–water partition coefficient (Wildman–Crippen LogP) is 2.84. The number of rotatable bonds is 6. The van der Waals surface area contributed by atoms with E-state index in [9.17, 15) is 8.42 Å². The van der Waals surface area contributed by atoms with Crippen molar-refractivity contribution in [2.75, 3.05) is 32.4 Å². The lowest BCUT2D eigenvalue weighted by Crippen LogP contribution is -2.40. The molecule has 22 heavy (non-hydrogen) atoms. The van der Waals surface area contributed by atoms with Gasteiger partial charge in [-0.3, -0.25) is 0 Å². The number of piperidine rings is 1. The molecule has 0 aliphatic carbocycles. The van der Waals surface area contributed by atoms with Gasteiger partial charge in [-0.2, -0.15) is 4.31 Å². The molecule has 1 aromatic carbocycles. The lowest BCUT2D eigenvalue weighted by atomic mass is 9.98. The second kappa shape index (κ2) is 9.13. The summed E-state index contributed by atoms with van der Waals surface area (Å²) in [6.45, 7) is 5.31. The van der Waals surface area contributed by atoms with Gasteiger partial charge in [0, 0.05) is 18.0 Å². The highest BCUT2D eigenvalue weighted by Crippen LogP contribution is 2.29. The zero-order valence-corrected chi connectivity index (χ0v) is 15.6. The number of nitrogens with one attached hydrogen (secondary N) is 1. The summed E-state index contributed by atoms with van der Waals surface area (Å²) < 4.78 is 27.2. The van der Waals surface area contributed by atoms with E-state index in [2.05, 4.69) is 12.2 Å². The molecule has 1 N–H and O–H groups in total. The first-order valence-corrected chi connectivity index (χ1v) is 10.1. The van der Waals surface area contributed by atoms with E-state index < -0.39 is 10.0 Å². The molecule has 0 amide bonds. The van der Waals surface area contributed by atoms with Gasteiger partial charge in [0.05, 0.1) is 4.90 Å². The van der Waals surface area contributed by atoms with Crippen molar-refractivity contribution >= 4 is 34.2 Å². The molecular weight excluding hydrogens is 340 g/mol. The Kier molecular flexibility index (Phi) is 8.21. The molecular formula is C15H25ClN2O2S2. The molecule has 7 heteroatoms. The van der Waals surface area contributed by atoms with Gasteiger partial charge in [-0.15, -0.1) is 24.2 Å². The third-order valence-corrected chi connectivity index (χ3v) is 6.83. The molecule has 2 rings (SSSR count). The summed E-state index contributed by atoms with van der Waals surface area (Å²) in [7, 11) is -3.36. The molecule has 4 nitrogen and oxygen atoms in total. The summed E-state index contributed by atoms with van der Waals surface area (Å²) in [5.74, 6) is 0.590. The second-order valence-corrected chi connectivity index (χ2v) is 8.06. The molecule has 1 aliphatic heterocycles. The lowest BCUT2D eigenvalue weighted by Gasteiger charge is -2.31. The molecule has 1 heterocycles. The Balaban J connectivity index is 0.00000242. The highest BCUT2D eigenvalue weighted by molar-refractivity contribution is 7.99. The first-order valence-electron chi connectivity index (χ1n) is 7.43. The molecule has 1 aliphatic rings. The molecule has 0 atom stereocenters. The number of hydrogen-bond donors (Lipinski definition) is 1. The van der Waals surface area contributed by atoms with Gasteiger partial charge >= 0.3 is 0 Å². The van der Waals surface area contributed by atoms with Crippen LogP contribution >= 0.6 is 24.2 Å². The molecule has 126 valence electrons. The molecule has 0 spiro atoms. The van der Waals surface area contributed by atoms with Crippen LogP contribution in [-0.4, -0.2) is 45.2 Å². The molecule has 0 bridgehead atoms. The van der Waals surface area contributed by atoms with Crippen LogP contribution in [0.4, 0.5) is 0 Å². The fraction of sp³-hybridized carbons (Fsp3) is 0.600. The van der Waals surface area contributed by atoms with E-state index >= 15 is 0 Å². The van der Waals surface area contributed by atoms with Crippen LogP contribution in [0.25, 0.3) is 0 Å². The van der Waals surface area contributed by atoms with Crippen molar-refractivity contribution in [3.8, 4) is 0 Å². The van der Waals surface area contributed by atoms with E-state index in [1.807, 2.05) is 18.4 Å². The minimum absolute atomic E-state index is 0. The lowest BCUT2D eigenvalue weighted by molar-refractivity contribution is 0.268. The highest BCUT2D eigenvalue weighted by Gasteiger charge is 2.30. The Morgan fingerprint density at radius 2 is 1.91 bits per heavy atom. The van der Waals surface area contributed by atoms with Gasteiger partial charge in [0.25, 0.3) is 0 Å². The van der Waals surface area contributed by atoms with Crippen molar-refractivity contribution in [2.45, 2.75) is 29.6 Å². The maximum atomic E-state index is 12.8. The fourth-order valence-electron chi connectivity index (χ4n) is 2.67. The quantitative estimate of drug-likeness (QED) is 0.788. The van der Waals surface area contributed by atoms with Gasteiger partial charge in [-0.1, -0.05) is 19.1 Å². The van der Waals surface area contributed by atoms with Crippen LogP contribution in [0.5, 0.6) is 0 Å². The van der Waals surface area contributed by atoms with Gasteiger partial charge in [0.1, 0.15) is 0 Å².